The monoisotopic (exact) mass is 300 g/mol. The van der Waals surface area contributed by atoms with Gasteiger partial charge in [-0.15, -0.1) is 0 Å². The smallest absolute Gasteiger partial charge is 0.276 e. The number of rotatable bonds is 2. The molecule has 0 spiro atoms. The molecule has 1 amide bonds. The third-order valence-corrected chi connectivity index (χ3v) is 3.93. The summed E-state index contributed by atoms with van der Waals surface area (Å²) in [4.78, 5) is 21.8. The zero-order valence-corrected chi connectivity index (χ0v) is 11.6. The Labute approximate surface area is 124 Å². The van der Waals surface area contributed by atoms with Crippen LogP contribution in [0.3, 0.4) is 0 Å². The lowest BCUT2D eigenvalue weighted by atomic mass is 10.2. The molecule has 1 aliphatic rings. The normalized spacial score (nSPS) is 18.2. The molecule has 0 radical (unpaired) electrons. The number of carbonyl (C=O) groups is 1. The molecule has 2 aromatic heterocycles. The van der Waals surface area contributed by atoms with Gasteiger partial charge in [-0.2, -0.15) is 15.4 Å². The molecule has 112 valence electrons. The molecular weight excluding hydrogens is 287 g/mol. The number of nitrogens with one attached hydrogen (secondary N) is 2. The highest BCUT2D eigenvalue weighted by Crippen LogP contribution is 2.32. The van der Waals surface area contributed by atoms with E-state index < -0.39 is 0 Å². The molecule has 1 saturated heterocycles. The van der Waals surface area contributed by atoms with Crippen LogP contribution < -0.4 is 0 Å². The van der Waals surface area contributed by atoms with Crippen molar-refractivity contribution in [1.29, 1.82) is 0 Å². The Kier molecular flexibility index (Phi) is 2.88. The maximum Gasteiger partial charge on any atom is 0.276 e. The van der Waals surface area contributed by atoms with Crippen LogP contribution >= 0.6 is 0 Å². The van der Waals surface area contributed by atoms with Crippen LogP contribution in [-0.2, 0) is 0 Å². The van der Waals surface area contributed by atoms with Gasteiger partial charge in [-0.05, 0) is 31.0 Å². The van der Waals surface area contributed by atoms with Gasteiger partial charge < -0.3 is 9.88 Å². The van der Waals surface area contributed by atoms with Gasteiger partial charge >= 0.3 is 0 Å². The van der Waals surface area contributed by atoms with E-state index in [9.17, 15) is 9.18 Å². The van der Waals surface area contributed by atoms with Crippen molar-refractivity contribution in [3.8, 4) is 0 Å². The van der Waals surface area contributed by atoms with Gasteiger partial charge in [-0.1, -0.05) is 0 Å². The predicted octanol–water partition coefficient (Wildman–Crippen LogP) is 1.80. The summed E-state index contributed by atoms with van der Waals surface area (Å²) in [6.45, 7) is 0.641. The first-order valence-corrected chi connectivity index (χ1v) is 7.04. The van der Waals surface area contributed by atoms with E-state index in [1.165, 1.54) is 18.3 Å². The Hall–Kier alpha value is -2.77. The van der Waals surface area contributed by atoms with Crippen molar-refractivity contribution in [1.82, 2.24) is 30.3 Å². The van der Waals surface area contributed by atoms with Crippen LogP contribution in [0.25, 0.3) is 11.0 Å². The number of halogens is 1. The van der Waals surface area contributed by atoms with Crippen LogP contribution in [0.15, 0.2) is 24.4 Å². The van der Waals surface area contributed by atoms with Gasteiger partial charge in [0.15, 0.2) is 5.69 Å². The Morgan fingerprint density at radius 2 is 2.32 bits per heavy atom. The fourth-order valence-corrected chi connectivity index (χ4v) is 2.91. The molecule has 1 aliphatic heterocycles. The molecule has 7 nitrogen and oxygen atoms in total. The molecule has 0 aliphatic carbocycles. The van der Waals surface area contributed by atoms with Crippen LogP contribution in [0.5, 0.6) is 0 Å². The maximum atomic E-state index is 13.3. The lowest BCUT2D eigenvalue weighted by Crippen LogP contribution is -2.31. The molecular formula is C14H13FN6O. The second-order valence-corrected chi connectivity index (χ2v) is 5.30. The fourth-order valence-electron chi connectivity index (χ4n) is 2.91. The number of aromatic nitrogens is 5. The molecule has 3 heterocycles. The Balaban J connectivity index is 1.68. The minimum atomic E-state index is -0.315. The van der Waals surface area contributed by atoms with Gasteiger partial charge in [0.2, 0.25) is 0 Å². The SMILES string of the molecule is O=C(c1cn[nH]n1)N1CCC[C@H]1c1nc2ccc(F)cc2[nH]1. The van der Waals surface area contributed by atoms with E-state index in [2.05, 4.69) is 25.4 Å². The number of aromatic amines is 2. The summed E-state index contributed by atoms with van der Waals surface area (Å²) in [5.41, 5.74) is 1.61. The second kappa shape index (κ2) is 4.90. The summed E-state index contributed by atoms with van der Waals surface area (Å²) >= 11 is 0. The van der Waals surface area contributed by atoms with Crippen molar-refractivity contribution in [3.63, 3.8) is 0 Å². The number of fused-ring (bicyclic) bond motifs is 1. The van der Waals surface area contributed by atoms with Crippen molar-refractivity contribution in [3.05, 3.63) is 41.7 Å². The van der Waals surface area contributed by atoms with Gasteiger partial charge in [0.25, 0.3) is 5.91 Å². The van der Waals surface area contributed by atoms with Gasteiger partial charge in [0.05, 0.1) is 23.3 Å². The van der Waals surface area contributed by atoms with E-state index in [1.807, 2.05) is 0 Å². The second-order valence-electron chi connectivity index (χ2n) is 5.30. The summed E-state index contributed by atoms with van der Waals surface area (Å²) in [6.07, 6.45) is 3.11. The van der Waals surface area contributed by atoms with E-state index in [0.717, 1.165) is 12.8 Å². The number of hydrogen-bond acceptors (Lipinski definition) is 4. The molecule has 1 aromatic carbocycles. The van der Waals surface area contributed by atoms with Crippen molar-refractivity contribution in [2.24, 2.45) is 0 Å². The standard InChI is InChI=1S/C14H13FN6O/c15-8-3-4-9-10(6-8)18-13(17-9)12-2-1-5-21(12)14(22)11-7-16-20-19-11/h3-4,6-7,12H,1-2,5H2,(H,17,18)(H,16,19,20)/t12-/m0/s1. The molecule has 2 N–H and O–H groups in total. The third-order valence-electron chi connectivity index (χ3n) is 3.93. The fraction of sp³-hybridized carbons (Fsp3) is 0.286. The lowest BCUT2D eigenvalue weighted by molar-refractivity contribution is 0.0724. The average molecular weight is 300 g/mol. The molecule has 1 fully saturated rings. The highest BCUT2D eigenvalue weighted by Gasteiger charge is 2.33. The molecule has 0 saturated carbocycles. The van der Waals surface area contributed by atoms with Gasteiger partial charge in [-0.25, -0.2) is 9.37 Å². The molecule has 1 atom stereocenters. The number of H-pyrrole nitrogens is 2. The van der Waals surface area contributed by atoms with Crippen LogP contribution in [0.1, 0.15) is 35.2 Å². The summed E-state index contributed by atoms with van der Waals surface area (Å²) in [7, 11) is 0. The molecule has 8 heteroatoms. The van der Waals surface area contributed by atoms with Crippen LogP contribution in [0, 0.1) is 5.82 Å². The summed E-state index contributed by atoms with van der Waals surface area (Å²) in [5, 5.41) is 9.95. The van der Waals surface area contributed by atoms with E-state index in [-0.39, 0.29) is 23.5 Å². The van der Waals surface area contributed by atoms with Crippen LogP contribution in [0.2, 0.25) is 0 Å². The van der Waals surface area contributed by atoms with Crippen molar-refractivity contribution in [2.45, 2.75) is 18.9 Å². The van der Waals surface area contributed by atoms with Gasteiger partial charge in [-0.3, -0.25) is 4.79 Å². The Morgan fingerprint density at radius 3 is 3.14 bits per heavy atom. The molecule has 3 aromatic rings. The Morgan fingerprint density at radius 1 is 1.41 bits per heavy atom. The molecule has 22 heavy (non-hydrogen) atoms. The number of amides is 1. The highest BCUT2D eigenvalue weighted by atomic mass is 19.1. The zero-order valence-electron chi connectivity index (χ0n) is 11.6. The molecule has 0 unspecified atom stereocenters. The van der Waals surface area contributed by atoms with Crippen LogP contribution in [-0.4, -0.2) is 42.7 Å². The first kappa shape index (κ1) is 12.9. The summed E-state index contributed by atoms with van der Waals surface area (Å²) < 4.78 is 13.3. The largest absolute Gasteiger partial charge is 0.340 e. The minimum Gasteiger partial charge on any atom is -0.340 e. The zero-order chi connectivity index (χ0) is 15.1. The predicted molar refractivity (Wildman–Crippen MR) is 75.4 cm³/mol. The number of carbonyl (C=O) groups excluding carboxylic acids is 1. The summed E-state index contributed by atoms with van der Waals surface area (Å²) in [5.74, 6) is 0.183. The first-order chi connectivity index (χ1) is 10.7. The number of hydrogen-bond donors (Lipinski definition) is 2. The van der Waals surface area contributed by atoms with Crippen molar-refractivity contribution < 1.29 is 9.18 Å². The number of imidazole rings is 1. The minimum absolute atomic E-state index is 0.153. The average Bonchev–Trinajstić information content (AvgIpc) is 3.24. The number of nitrogens with zero attached hydrogens (tertiary/aromatic N) is 4. The van der Waals surface area contributed by atoms with Gasteiger partial charge in [0, 0.05) is 6.54 Å². The van der Waals surface area contributed by atoms with E-state index in [0.29, 0.717) is 23.4 Å². The Bertz CT molecular complexity index is 827. The lowest BCUT2D eigenvalue weighted by Gasteiger charge is -2.21. The third kappa shape index (κ3) is 2.03. The topological polar surface area (TPSA) is 90.6 Å². The quantitative estimate of drug-likeness (QED) is 0.755. The molecule has 0 bridgehead atoms. The molecule has 4 rings (SSSR count). The maximum absolute atomic E-state index is 13.3. The van der Waals surface area contributed by atoms with Crippen molar-refractivity contribution in [2.75, 3.05) is 6.54 Å². The van der Waals surface area contributed by atoms with Crippen molar-refractivity contribution >= 4 is 16.9 Å². The van der Waals surface area contributed by atoms with E-state index >= 15 is 0 Å². The number of benzene rings is 1. The van der Waals surface area contributed by atoms with Gasteiger partial charge in [0.1, 0.15) is 11.6 Å². The van der Waals surface area contributed by atoms with E-state index in [1.54, 1.807) is 11.0 Å². The number of likely N-dealkylation sites (tertiary alicyclic amines) is 1. The highest BCUT2D eigenvalue weighted by molar-refractivity contribution is 5.92. The van der Waals surface area contributed by atoms with E-state index in [4.69, 9.17) is 0 Å². The first-order valence-electron chi connectivity index (χ1n) is 7.04. The van der Waals surface area contributed by atoms with Crippen LogP contribution in [0.4, 0.5) is 4.39 Å². The summed E-state index contributed by atoms with van der Waals surface area (Å²) in [6, 6.07) is 4.26.